The average Bonchev–Trinajstić information content (AvgIpc) is 3.03. The van der Waals surface area contributed by atoms with Gasteiger partial charge in [-0.25, -0.2) is 9.78 Å². The van der Waals surface area contributed by atoms with Crippen LogP contribution >= 0.6 is 23.1 Å². The van der Waals surface area contributed by atoms with E-state index in [1.807, 2.05) is 0 Å². The molecular weight excluding hydrogens is 370 g/mol. The molecule has 0 spiro atoms. The van der Waals surface area contributed by atoms with Crippen LogP contribution in [0.3, 0.4) is 0 Å². The zero-order valence-corrected chi connectivity index (χ0v) is 16.4. The number of nitrogens with zero attached hydrogens (tertiary/aromatic N) is 2. The maximum Gasteiger partial charge on any atom is 0.409 e. The minimum Gasteiger partial charge on any atom is -0.453 e. The summed E-state index contributed by atoms with van der Waals surface area (Å²) in [4.78, 5) is 32.1. The number of carbonyl (C=O) groups is 2. The molecule has 1 aliphatic rings. The first-order chi connectivity index (χ1) is 12.5. The maximum absolute atomic E-state index is 12.1. The van der Waals surface area contributed by atoms with Crippen LogP contribution in [0.2, 0.25) is 0 Å². The summed E-state index contributed by atoms with van der Waals surface area (Å²) in [6.07, 6.45) is 0.778. The quantitative estimate of drug-likeness (QED) is 0.787. The molecule has 0 unspecified atom stereocenters. The van der Waals surface area contributed by atoms with Gasteiger partial charge in [-0.2, -0.15) is 0 Å². The van der Waals surface area contributed by atoms with E-state index in [0.29, 0.717) is 31.1 Å². The number of thioether (sulfide) groups is 1. The van der Waals surface area contributed by atoms with Crippen molar-refractivity contribution >= 4 is 40.2 Å². The van der Waals surface area contributed by atoms with Crippen LogP contribution in [-0.2, 0) is 22.5 Å². The van der Waals surface area contributed by atoms with E-state index in [4.69, 9.17) is 4.74 Å². The van der Waals surface area contributed by atoms with Gasteiger partial charge in [0, 0.05) is 34.9 Å². The van der Waals surface area contributed by atoms with Crippen molar-refractivity contribution in [3.05, 3.63) is 40.4 Å². The fourth-order valence-electron chi connectivity index (χ4n) is 2.61. The summed E-state index contributed by atoms with van der Waals surface area (Å²) in [6.45, 7) is 3.13. The molecular formula is C18H21N3O3S2. The maximum atomic E-state index is 12.1. The summed E-state index contributed by atoms with van der Waals surface area (Å²) in [5.41, 5.74) is 2.19. The molecule has 1 N–H and O–H groups in total. The predicted octanol–water partition coefficient (Wildman–Crippen LogP) is 3.70. The molecule has 138 valence electrons. The lowest BCUT2D eigenvalue weighted by Crippen LogP contribution is -2.35. The Labute approximate surface area is 160 Å². The number of anilines is 1. The second kappa shape index (κ2) is 8.55. The van der Waals surface area contributed by atoms with Gasteiger partial charge in [0.1, 0.15) is 0 Å². The topological polar surface area (TPSA) is 71.5 Å². The van der Waals surface area contributed by atoms with Crippen molar-refractivity contribution in [1.29, 1.82) is 0 Å². The van der Waals surface area contributed by atoms with E-state index < -0.39 is 0 Å². The lowest BCUT2D eigenvalue weighted by Gasteiger charge is -2.24. The first-order valence-corrected chi connectivity index (χ1v) is 10.2. The van der Waals surface area contributed by atoms with Gasteiger partial charge in [0.25, 0.3) is 0 Å². The number of hydrogen-bond donors (Lipinski definition) is 1. The molecule has 0 saturated carbocycles. The van der Waals surface area contributed by atoms with Gasteiger partial charge in [-0.1, -0.05) is 29.0 Å². The summed E-state index contributed by atoms with van der Waals surface area (Å²) in [5.74, 6) is 0.677. The Morgan fingerprint density at radius 1 is 1.35 bits per heavy atom. The smallest absolute Gasteiger partial charge is 0.409 e. The van der Waals surface area contributed by atoms with Crippen molar-refractivity contribution in [3.8, 4) is 0 Å². The van der Waals surface area contributed by atoms with Gasteiger partial charge >= 0.3 is 6.09 Å². The molecule has 0 saturated heterocycles. The van der Waals surface area contributed by atoms with Crippen molar-refractivity contribution in [2.45, 2.75) is 31.2 Å². The minimum absolute atomic E-state index is 0.0412. The summed E-state index contributed by atoms with van der Waals surface area (Å²) in [7, 11) is 1.38. The number of hydrogen-bond acceptors (Lipinski definition) is 6. The number of aryl methyl sites for hydroxylation is 1. The normalized spacial score (nSPS) is 13.2. The molecule has 0 fully saturated rings. The van der Waals surface area contributed by atoms with E-state index in [1.165, 1.54) is 24.0 Å². The number of ether oxygens (including phenoxy) is 1. The molecule has 2 amide bonds. The third-order valence-electron chi connectivity index (χ3n) is 4.03. The second-order valence-corrected chi connectivity index (χ2v) is 8.24. The standard InChI is InChI=1S/C18H21N3O3S2/c1-12-3-5-13(6-4-12)25-10-8-16(22)20-17-19-14-7-9-21(18(23)24-2)11-15(14)26-17/h3-6H,7-11H2,1-2H3,(H,19,20,22). The molecule has 8 heteroatoms. The van der Waals surface area contributed by atoms with Crippen LogP contribution in [0.15, 0.2) is 29.2 Å². The summed E-state index contributed by atoms with van der Waals surface area (Å²) in [5, 5.41) is 3.48. The van der Waals surface area contributed by atoms with Gasteiger partial charge in [-0.3, -0.25) is 4.79 Å². The molecule has 3 rings (SSSR count). The number of amides is 2. The van der Waals surface area contributed by atoms with Crippen molar-refractivity contribution in [2.75, 3.05) is 24.7 Å². The first kappa shape index (κ1) is 18.7. The van der Waals surface area contributed by atoms with E-state index in [-0.39, 0.29) is 12.0 Å². The second-order valence-electron chi connectivity index (χ2n) is 5.99. The Hall–Kier alpha value is -2.06. The van der Waals surface area contributed by atoms with Gasteiger partial charge in [0.2, 0.25) is 5.91 Å². The lowest BCUT2D eigenvalue weighted by molar-refractivity contribution is -0.115. The van der Waals surface area contributed by atoms with E-state index in [9.17, 15) is 9.59 Å². The van der Waals surface area contributed by atoms with Gasteiger partial charge in [0.05, 0.1) is 19.3 Å². The summed E-state index contributed by atoms with van der Waals surface area (Å²) < 4.78 is 4.76. The van der Waals surface area contributed by atoms with Gasteiger partial charge in [0.15, 0.2) is 5.13 Å². The zero-order chi connectivity index (χ0) is 18.5. The van der Waals surface area contributed by atoms with Crippen LogP contribution < -0.4 is 5.32 Å². The number of fused-ring (bicyclic) bond motifs is 1. The number of rotatable bonds is 5. The fraction of sp³-hybridized carbons (Fsp3) is 0.389. The predicted molar refractivity (Wildman–Crippen MR) is 104 cm³/mol. The van der Waals surface area contributed by atoms with Crippen molar-refractivity contribution < 1.29 is 14.3 Å². The number of benzene rings is 1. The van der Waals surface area contributed by atoms with E-state index in [1.54, 1.807) is 16.7 Å². The third-order valence-corrected chi connectivity index (χ3v) is 6.04. The number of aromatic nitrogens is 1. The Kier molecular flexibility index (Phi) is 6.16. The van der Waals surface area contributed by atoms with Gasteiger partial charge in [-0.15, -0.1) is 11.8 Å². The Morgan fingerprint density at radius 2 is 2.12 bits per heavy atom. The van der Waals surface area contributed by atoms with Gasteiger partial charge in [-0.05, 0) is 19.1 Å². The molecule has 0 aliphatic carbocycles. The van der Waals surface area contributed by atoms with Crippen molar-refractivity contribution in [1.82, 2.24) is 9.88 Å². The highest BCUT2D eigenvalue weighted by Crippen LogP contribution is 2.29. The Balaban J connectivity index is 1.48. The molecule has 1 aromatic heterocycles. The molecule has 6 nitrogen and oxygen atoms in total. The molecule has 2 heterocycles. The highest BCUT2D eigenvalue weighted by atomic mass is 32.2. The van der Waals surface area contributed by atoms with E-state index in [2.05, 4.69) is 41.5 Å². The first-order valence-electron chi connectivity index (χ1n) is 8.36. The number of nitrogens with one attached hydrogen (secondary N) is 1. The molecule has 26 heavy (non-hydrogen) atoms. The van der Waals surface area contributed by atoms with Gasteiger partial charge < -0.3 is 15.0 Å². The third kappa shape index (κ3) is 4.76. The van der Waals surface area contributed by atoms with Crippen LogP contribution in [0, 0.1) is 6.92 Å². The van der Waals surface area contributed by atoms with Crippen LogP contribution in [0.5, 0.6) is 0 Å². The number of thiazole rings is 1. The van der Waals surface area contributed by atoms with Crippen LogP contribution in [0.25, 0.3) is 0 Å². The van der Waals surface area contributed by atoms with E-state index >= 15 is 0 Å². The summed E-state index contributed by atoms with van der Waals surface area (Å²) >= 11 is 3.09. The molecule has 0 bridgehead atoms. The highest BCUT2D eigenvalue weighted by molar-refractivity contribution is 7.99. The highest BCUT2D eigenvalue weighted by Gasteiger charge is 2.24. The molecule has 1 aromatic carbocycles. The van der Waals surface area contributed by atoms with Crippen LogP contribution in [0.1, 0.15) is 22.6 Å². The van der Waals surface area contributed by atoms with E-state index in [0.717, 1.165) is 21.2 Å². The molecule has 1 aliphatic heterocycles. The molecule has 2 aromatic rings. The van der Waals surface area contributed by atoms with Crippen molar-refractivity contribution in [3.63, 3.8) is 0 Å². The molecule has 0 radical (unpaired) electrons. The lowest BCUT2D eigenvalue weighted by atomic mass is 10.2. The average molecular weight is 392 g/mol. The Bertz CT molecular complexity index is 789. The van der Waals surface area contributed by atoms with Crippen LogP contribution in [0.4, 0.5) is 9.93 Å². The van der Waals surface area contributed by atoms with Crippen molar-refractivity contribution in [2.24, 2.45) is 0 Å². The summed E-state index contributed by atoms with van der Waals surface area (Å²) in [6, 6.07) is 8.28. The number of carbonyl (C=O) groups excluding carboxylic acids is 2. The number of methoxy groups -OCH3 is 1. The largest absolute Gasteiger partial charge is 0.453 e. The minimum atomic E-state index is -0.331. The SMILES string of the molecule is COC(=O)N1CCc2nc(NC(=O)CCSc3ccc(C)cc3)sc2C1. The fourth-order valence-corrected chi connectivity index (χ4v) is 4.50. The molecule has 0 atom stereocenters. The monoisotopic (exact) mass is 391 g/mol. The van der Waals surface area contributed by atoms with Crippen LogP contribution in [-0.4, -0.2) is 41.3 Å². The zero-order valence-electron chi connectivity index (χ0n) is 14.8. The Morgan fingerprint density at radius 3 is 2.85 bits per heavy atom.